The Labute approximate surface area is 107 Å². The molecule has 4 nitrogen and oxygen atoms in total. The maximum absolute atomic E-state index is 4.53. The minimum Gasteiger partial charge on any atom is -0.361 e. The van der Waals surface area contributed by atoms with E-state index in [0.717, 1.165) is 24.0 Å². The number of nitrogens with one attached hydrogen (secondary N) is 1. The summed E-state index contributed by atoms with van der Waals surface area (Å²) in [6.07, 6.45) is 2.06. The summed E-state index contributed by atoms with van der Waals surface area (Å²) in [4.78, 5) is 4.53. The highest BCUT2D eigenvalue weighted by Crippen LogP contribution is 2.26. The summed E-state index contributed by atoms with van der Waals surface area (Å²) < 4.78 is 1.85. The second-order valence-electron chi connectivity index (χ2n) is 4.81. The Balaban J connectivity index is 1.86. The van der Waals surface area contributed by atoms with E-state index in [1.807, 2.05) is 30.4 Å². The van der Waals surface area contributed by atoms with Gasteiger partial charge >= 0.3 is 0 Å². The van der Waals surface area contributed by atoms with Gasteiger partial charge in [-0.25, -0.2) is 0 Å². The molecule has 0 bridgehead atoms. The van der Waals surface area contributed by atoms with Crippen molar-refractivity contribution in [2.24, 2.45) is 18.0 Å². The molecule has 17 heavy (non-hydrogen) atoms. The van der Waals surface area contributed by atoms with Crippen molar-refractivity contribution in [3.8, 4) is 0 Å². The smallest absolute Gasteiger partial charge is 0.157 e. The summed E-state index contributed by atoms with van der Waals surface area (Å²) in [6, 6.07) is 0. The Hall–Kier alpha value is -0.970. The number of aryl methyl sites for hydroxylation is 2. The highest BCUT2D eigenvalue weighted by atomic mass is 32.2. The number of thioether (sulfide) groups is 1. The number of aromatic nitrogens is 2. The number of hydrogen-bond donors (Lipinski definition) is 1. The van der Waals surface area contributed by atoms with E-state index in [2.05, 4.69) is 35.5 Å². The second-order valence-corrected chi connectivity index (χ2v) is 6.04. The maximum atomic E-state index is 4.53. The lowest BCUT2D eigenvalue weighted by atomic mass is 10.1. The molecule has 0 spiro atoms. The summed E-state index contributed by atoms with van der Waals surface area (Å²) in [7, 11) is 1.95. The first-order valence-electron chi connectivity index (χ1n) is 6.00. The topological polar surface area (TPSA) is 42.2 Å². The molecule has 1 aromatic rings. The van der Waals surface area contributed by atoms with Crippen LogP contribution in [0.25, 0.3) is 0 Å². The molecule has 0 saturated heterocycles. The van der Waals surface area contributed by atoms with Crippen LogP contribution in [0.3, 0.4) is 0 Å². The largest absolute Gasteiger partial charge is 0.361 e. The quantitative estimate of drug-likeness (QED) is 0.894. The van der Waals surface area contributed by atoms with E-state index >= 15 is 0 Å². The van der Waals surface area contributed by atoms with Gasteiger partial charge < -0.3 is 5.32 Å². The van der Waals surface area contributed by atoms with Crippen LogP contribution in [0.4, 0.5) is 0 Å². The first-order valence-corrected chi connectivity index (χ1v) is 6.88. The van der Waals surface area contributed by atoms with Crippen molar-refractivity contribution in [2.75, 3.05) is 6.54 Å². The van der Waals surface area contributed by atoms with Crippen molar-refractivity contribution in [1.82, 2.24) is 15.1 Å². The molecule has 1 aliphatic rings. The molecule has 0 saturated carbocycles. The fourth-order valence-corrected chi connectivity index (χ4v) is 2.84. The molecule has 0 aliphatic carbocycles. The lowest BCUT2D eigenvalue weighted by Crippen LogP contribution is -2.20. The summed E-state index contributed by atoms with van der Waals surface area (Å²) in [5.41, 5.74) is 2.33. The monoisotopic (exact) mass is 252 g/mol. The van der Waals surface area contributed by atoms with Gasteiger partial charge in [0.15, 0.2) is 5.17 Å². The van der Waals surface area contributed by atoms with E-state index in [4.69, 9.17) is 0 Å². The number of rotatable bonds is 3. The average molecular weight is 252 g/mol. The van der Waals surface area contributed by atoms with E-state index in [1.54, 1.807) is 0 Å². The van der Waals surface area contributed by atoms with Crippen LogP contribution in [0.15, 0.2) is 11.2 Å². The van der Waals surface area contributed by atoms with Gasteiger partial charge in [-0.05, 0) is 12.8 Å². The molecule has 5 heteroatoms. The fourth-order valence-electron chi connectivity index (χ4n) is 1.83. The first-order chi connectivity index (χ1) is 8.06. The fraction of sp³-hybridized carbons (Fsp3) is 0.667. The van der Waals surface area contributed by atoms with Crippen LogP contribution in [0.5, 0.6) is 0 Å². The van der Waals surface area contributed by atoms with Gasteiger partial charge in [0, 0.05) is 30.6 Å². The molecule has 1 aromatic heterocycles. The third-order valence-corrected chi connectivity index (χ3v) is 4.46. The Bertz CT molecular complexity index is 422. The molecule has 0 amide bonds. The molecule has 1 atom stereocenters. The minimum atomic E-state index is 0.632. The Morgan fingerprint density at radius 3 is 2.88 bits per heavy atom. The van der Waals surface area contributed by atoms with Crippen LogP contribution >= 0.6 is 11.8 Å². The molecule has 1 aliphatic heterocycles. The molecular formula is C12H20N4S. The summed E-state index contributed by atoms with van der Waals surface area (Å²) in [6.45, 7) is 8.30. The molecule has 1 unspecified atom stereocenters. The SMILES string of the molecule is Cc1nn(C)cc1CNC1=NCC(C(C)C)S1. The first kappa shape index (κ1) is 12.5. The van der Waals surface area contributed by atoms with Gasteiger partial charge in [-0.15, -0.1) is 0 Å². The second kappa shape index (κ2) is 5.12. The van der Waals surface area contributed by atoms with E-state index < -0.39 is 0 Å². The van der Waals surface area contributed by atoms with Crippen molar-refractivity contribution in [1.29, 1.82) is 0 Å². The average Bonchev–Trinajstić information content (AvgIpc) is 2.82. The van der Waals surface area contributed by atoms with Gasteiger partial charge in [0.1, 0.15) is 0 Å². The van der Waals surface area contributed by atoms with Gasteiger partial charge in [0.05, 0.1) is 12.2 Å². The lowest BCUT2D eigenvalue weighted by molar-refractivity contribution is 0.621. The summed E-state index contributed by atoms with van der Waals surface area (Å²) >= 11 is 1.86. The van der Waals surface area contributed by atoms with Crippen molar-refractivity contribution in [3.05, 3.63) is 17.5 Å². The molecule has 0 radical (unpaired) electrons. The Morgan fingerprint density at radius 1 is 1.59 bits per heavy atom. The lowest BCUT2D eigenvalue weighted by Gasteiger charge is -2.12. The van der Waals surface area contributed by atoms with Gasteiger partial charge in [-0.2, -0.15) is 5.10 Å². The molecule has 0 fully saturated rings. The molecule has 0 aromatic carbocycles. The van der Waals surface area contributed by atoms with Gasteiger partial charge in [-0.1, -0.05) is 25.6 Å². The third-order valence-electron chi connectivity index (χ3n) is 2.97. The Morgan fingerprint density at radius 2 is 2.35 bits per heavy atom. The predicted molar refractivity (Wildman–Crippen MR) is 73.3 cm³/mol. The zero-order valence-electron chi connectivity index (χ0n) is 10.9. The normalized spacial score (nSPS) is 19.8. The van der Waals surface area contributed by atoms with Crippen molar-refractivity contribution in [3.63, 3.8) is 0 Å². The minimum absolute atomic E-state index is 0.632. The van der Waals surface area contributed by atoms with Crippen LogP contribution in [0, 0.1) is 12.8 Å². The Kier molecular flexibility index (Phi) is 3.76. The molecule has 94 valence electrons. The summed E-state index contributed by atoms with van der Waals surface area (Å²) in [5, 5.41) is 9.43. The van der Waals surface area contributed by atoms with E-state index in [-0.39, 0.29) is 0 Å². The van der Waals surface area contributed by atoms with Gasteiger partial charge in [0.2, 0.25) is 0 Å². The predicted octanol–water partition coefficient (Wildman–Crippen LogP) is 1.95. The number of nitrogens with zero attached hydrogens (tertiary/aromatic N) is 3. The van der Waals surface area contributed by atoms with Crippen molar-refractivity contribution in [2.45, 2.75) is 32.6 Å². The highest BCUT2D eigenvalue weighted by Gasteiger charge is 2.22. The van der Waals surface area contributed by atoms with Crippen LogP contribution in [-0.4, -0.2) is 26.7 Å². The zero-order valence-corrected chi connectivity index (χ0v) is 11.7. The number of hydrogen-bond acceptors (Lipinski definition) is 4. The number of amidine groups is 1. The highest BCUT2D eigenvalue weighted by molar-refractivity contribution is 8.14. The standard InChI is InChI=1S/C12H20N4S/c1-8(2)11-6-14-12(17-11)13-5-10-7-16(4)15-9(10)3/h7-8,11H,5-6H2,1-4H3,(H,13,14). The van der Waals surface area contributed by atoms with Crippen LogP contribution in [0.1, 0.15) is 25.1 Å². The van der Waals surface area contributed by atoms with E-state index in [1.165, 1.54) is 5.56 Å². The van der Waals surface area contributed by atoms with Crippen LogP contribution in [0.2, 0.25) is 0 Å². The maximum Gasteiger partial charge on any atom is 0.157 e. The van der Waals surface area contributed by atoms with Crippen LogP contribution in [-0.2, 0) is 13.6 Å². The van der Waals surface area contributed by atoms with E-state index in [9.17, 15) is 0 Å². The van der Waals surface area contributed by atoms with Gasteiger partial charge in [-0.3, -0.25) is 9.67 Å². The summed E-state index contributed by atoms with van der Waals surface area (Å²) in [5.74, 6) is 0.683. The molecule has 1 N–H and O–H groups in total. The zero-order chi connectivity index (χ0) is 12.4. The molecule has 2 rings (SSSR count). The molecular weight excluding hydrogens is 232 g/mol. The van der Waals surface area contributed by atoms with Gasteiger partial charge in [0.25, 0.3) is 0 Å². The third kappa shape index (κ3) is 3.03. The number of aliphatic imine (C=N–C) groups is 1. The van der Waals surface area contributed by atoms with E-state index in [0.29, 0.717) is 11.2 Å². The van der Waals surface area contributed by atoms with Crippen molar-refractivity contribution >= 4 is 16.9 Å². The van der Waals surface area contributed by atoms with Crippen LogP contribution < -0.4 is 5.32 Å². The molecule has 2 heterocycles. The van der Waals surface area contributed by atoms with Crippen molar-refractivity contribution < 1.29 is 0 Å².